The van der Waals surface area contributed by atoms with Crippen LogP contribution >= 0.6 is 0 Å². The summed E-state index contributed by atoms with van der Waals surface area (Å²) in [6, 6.07) is 8.21. The average molecular weight is 239 g/mol. The second kappa shape index (κ2) is 3.89. The Morgan fingerprint density at radius 3 is 2.78 bits per heavy atom. The summed E-state index contributed by atoms with van der Waals surface area (Å²) >= 11 is 0. The Labute approximate surface area is 101 Å². The third-order valence-corrected chi connectivity index (χ3v) is 2.49. The normalized spacial score (nSPS) is 10.4. The van der Waals surface area contributed by atoms with Crippen LogP contribution in [-0.4, -0.2) is 19.6 Å². The third kappa shape index (κ3) is 1.58. The van der Waals surface area contributed by atoms with Crippen molar-refractivity contribution in [2.45, 2.75) is 0 Å². The maximum atomic E-state index is 12.8. The SMILES string of the molecule is N#Cc1ccc2nnc(-c3ccc(F)cn3)n2c1. The van der Waals surface area contributed by atoms with Crippen LogP contribution in [0, 0.1) is 17.1 Å². The maximum absolute atomic E-state index is 12.8. The smallest absolute Gasteiger partial charge is 0.187 e. The highest BCUT2D eigenvalue weighted by Crippen LogP contribution is 2.16. The van der Waals surface area contributed by atoms with E-state index >= 15 is 0 Å². The molecule has 0 aromatic carbocycles. The topological polar surface area (TPSA) is 66.9 Å². The molecule has 3 aromatic rings. The molecule has 0 aliphatic carbocycles. The van der Waals surface area contributed by atoms with Gasteiger partial charge in [-0.2, -0.15) is 5.26 Å². The van der Waals surface area contributed by atoms with Crippen LogP contribution in [0.2, 0.25) is 0 Å². The van der Waals surface area contributed by atoms with E-state index < -0.39 is 5.82 Å². The van der Waals surface area contributed by atoms with Crippen LogP contribution in [0.3, 0.4) is 0 Å². The van der Waals surface area contributed by atoms with Gasteiger partial charge in [0, 0.05) is 6.20 Å². The highest BCUT2D eigenvalue weighted by Gasteiger charge is 2.09. The molecule has 0 atom stereocenters. The molecule has 3 aromatic heterocycles. The third-order valence-electron chi connectivity index (χ3n) is 2.49. The van der Waals surface area contributed by atoms with Crippen molar-refractivity contribution < 1.29 is 4.39 Å². The Morgan fingerprint density at radius 2 is 2.06 bits per heavy atom. The van der Waals surface area contributed by atoms with Crippen molar-refractivity contribution in [1.29, 1.82) is 5.26 Å². The van der Waals surface area contributed by atoms with Crippen LogP contribution in [0.4, 0.5) is 4.39 Å². The van der Waals surface area contributed by atoms with Gasteiger partial charge in [-0.3, -0.25) is 4.40 Å². The van der Waals surface area contributed by atoms with Gasteiger partial charge in [0.2, 0.25) is 0 Å². The highest BCUT2D eigenvalue weighted by molar-refractivity contribution is 5.56. The number of nitriles is 1. The summed E-state index contributed by atoms with van der Waals surface area (Å²) in [6.45, 7) is 0. The maximum Gasteiger partial charge on any atom is 0.187 e. The number of hydrogen-bond donors (Lipinski definition) is 0. The van der Waals surface area contributed by atoms with Crippen molar-refractivity contribution in [3.63, 3.8) is 0 Å². The second-order valence-electron chi connectivity index (χ2n) is 3.64. The molecule has 0 amide bonds. The van der Waals surface area contributed by atoms with Gasteiger partial charge in [-0.05, 0) is 24.3 Å². The standard InChI is InChI=1S/C12H6FN5/c13-9-2-3-10(15-6-9)12-17-16-11-4-1-8(5-14)7-18(11)12/h1-4,6-7H. The molecular formula is C12H6FN5. The Morgan fingerprint density at radius 1 is 1.17 bits per heavy atom. The summed E-state index contributed by atoms with van der Waals surface area (Å²) < 4.78 is 14.5. The van der Waals surface area contributed by atoms with E-state index in [2.05, 4.69) is 15.2 Å². The number of halogens is 1. The molecule has 0 radical (unpaired) electrons. The molecule has 0 N–H and O–H groups in total. The Balaban J connectivity index is 2.23. The Hall–Kier alpha value is -2.81. The van der Waals surface area contributed by atoms with E-state index in [0.717, 1.165) is 6.20 Å². The van der Waals surface area contributed by atoms with Crippen molar-refractivity contribution in [1.82, 2.24) is 19.6 Å². The van der Waals surface area contributed by atoms with Crippen LogP contribution in [0.15, 0.2) is 36.7 Å². The van der Waals surface area contributed by atoms with Crippen LogP contribution in [0.25, 0.3) is 17.2 Å². The second-order valence-corrected chi connectivity index (χ2v) is 3.64. The van der Waals surface area contributed by atoms with Gasteiger partial charge in [-0.15, -0.1) is 10.2 Å². The van der Waals surface area contributed by atoms with Gasteiger partial charge in [-0.1, -0.05) is 0 Å². The van der Waals surface area contributed by atoms with Gasteiger partial charge in [0.1, 0.15) is 17.6 Å². The first-order chi connectivity index (χ1) is 8.78. The summed E-state index contributed by atoms with van der Waals surface area (Å²) in [7, 11) is 0. The van der Waals surface area contributed by atoms with E-state index in [0.29, 0.717) is 22.7 Å². The molecule has 3 heterocycles. The zero-order chi connectivity index (χ0) is 12.5. The minimum atomic E-state index is -0.412. The van der Waals surface area contributed by atoms with Crippen molar-refractivity contribution >= 4 is 5.65 Å². The molecule has 5 nitrogen and oxygen atoms in total. The van der Waals surface area contributed by atoms with Crippen molar-refractivity contribution in [3.05, 3.63) is 48.0 Å². The molecule has 6 heteroatoms. The molecule has 0 saturated heterocycles. The largest absolute Gasteiger partial charge is 0.280 e. The zero-order valence-corrected chi connectivity index (χ0v) is 9.08. The lowest BCUT2D eigenvalue weighted by Crippen LogP contribution is -1.93. The fourth-order valence-corrected chi connectivity index (χ4v) is 1.64. The number of hydrogen-bond acceptors (Lipinski definition) is 4. The molecule has 0 bridgehead atoms. The van der Waals surface area contributed by atoms with Crippen molar-refractivity contribution in [2.24, 2.45) is 0 Å². The number of aromatic nitrogens is 4. The molecule has 0 aliphatic rings. The fourth-order valence-electron chi connectivity index (χ4n) is 1.64. The first-order valence-electron chi connectivity index (χ1n) is 5.15. The summed E-state index contributed by atoms with van der Waals surface area (Å²) in [4.78, 5) is 3.95. The number of rotatable bonds is 1. The van der Waals surface area contributed by atoms with E-state index in [4.69, 9.17) is 5.26 Å². The molecule has 0 saturated carbocycles. The van der Waals surface area contributed by atoms with E-state index in [1.165, 1.54) is 12.1 Å². The average Bonchev–Trinajstić information content (AvgIpc) is 2.82. The predicted octanol–water partition coefficient (Wildman–Crippen LogP) is 1.80. The molecular weight excluding hydrogens is 233 g/mol. The summed E-state index contributed by atoms with van der Waals surface area (Å²) in [5.74, 6) is 0.0624. The lowest BCUT2D eigenvalue weighted by molar-refractivity contribution is 0.621. The monoisotopic (exact) mass is 239 g/mol. The van der Waals surface area contributed by atoms with Crippen molar-refractivity contribution in [3.8, 4) is 17.6 Å². The summed E-state index contributed by atoms with van der Waals surface area (Å²) in [5, 5.41) is 16.8. The quantitative estimate of drug-likeness (QED) is 0.649. The van der Waals surface area contributed by atoms with Crippen LogP contribution in [-0.2, 0) is 0 Å². The summed E-state index contributed by atoms with van der Waals surface area (Å²) in [6.07, 6.45) is 2.74. The molecule has 3 rings (SSSR count). The van der Waals surface area contributed by atoms with Crippen LogP contribution < -0.4 is 0 Å². The minimum absolute atomic E-state index is 0.412. The van der Waals surface area contributed by atoms with E-state index in [9.17, 15) is 4.39 Å². The fraction of sp³-hybridized carbons (Fsp3) is 0. The molecule has 0 spiro atoms. The van der Waals surface area contributed by atoms with Gasteiger partial charge in [0.15, 0.2) is 11.5 Å². The minimum Gasteiger partial charge on any atom is -0.280 e. The molecule has 0 unspecified atom stereocenters. The number of pyridine rings is 2. The Kier molecular flexibility index (Phi) is 2.24. The van der Waals surface area contributed by atoms with E-state index in [1.54, 1.807) is 22.7 Å². The molecule has 0 fully saturated rings. The van der Waals surface area contributed by atoms with E-state index in [-0.39, 0.29) is 0 Å². The number of fused-ring (bicyclic) bond motifs is 1. The predicted molar refractivity (Wildman–Crippen MR) is 60.9 cm³/mol. The van der Waals surface area contributed by atoms with E-state index in [1.807, 2.05) is 6.07 Å². The van der Waals surface area contributed by atoms with Gasteiger partial charge in [0.25, 0.3) is 0 Å². The first kappa shape index (κ1) is 10.4. The van der Waals surface area contributed by atoms with Gasteiger partial charge >= 0.3 is 0 Å². The van der Waals surface area contributed by atoms with Gasteiger partial charge in [0.05, 0.1) is 11.8 Å². The van der Waals surface area contributed by atoms with Crippen LogP contribution in [0.1, 0.15) is 5.56 Å². The lowest BCUT2D eigenvalue weighted by Gasteiger charge is -1.99. The highest BCUT2D eigenvalue weighted by atomic mass is 19.1. The zero-order valence-electron chi connectivity index (χ0n) is 9.08. The first-order valence-corrected chi connectivity index (χ1v) is 5.15. The molecule has 18 heavy (non-hydrogen) atoms. The van der Waals surface area contributed by atoms with Crippen LogP contribution in [0.5, 0.6) is 0 Å². The molecule has 0 aliphatic heterocycles. The van der Waals surface area contributed by atoms with Gasteiger partial charge < -0.3 is 0 Å². The Bertz CT molecular complexity index is 754. The van der Waals surface area contributed by atoms with Crippen molar-refractivity contribution in [2.75, 3.05) is 0 Å². The lowest BCUT2D eigenvalue weighted by atomic mass is 10.3. The molecule has 86 valence electrons. The summed E-state index contributed by atoms with van der Waals surface area (Å²) in [5.41, 5.74) is 1.60. The number of nitrogens with zero attached hydrogens (tertiary/aromatic N) is 5. The van der Waals surface area contributed by atoms with Gasteiger partial charge in [-0.25, -0.2) is 9.37 Å².